The minimum absolute atomic E-state index is 0.320. The fourth-order valence-corrected chi connectivity index (χ4v) is 2.63. The first kappa shape index (κ1) is 13.9. The lowest BCUT2D eigenvalue weighted by Crippen LogP contribution is -2.12. The Hall–Kier alpha value is -2.08. The lowest BCUT2D eigenvalue weighted by atomic mass is 10.0. The van der Waals surface area contributed by atoms with Crippen molar-refractivity contribution < 1.29 is 4.74 Å². The Morgan fingerprint density at radius 2 is 2.38 bits per heavy atom. The normalized spacial score (nSPS) is 18.0. The third kappa shape index (κ3) is 3.33. The Labute approximate surface area is 124 Å². The van der Waals surface area contributed by atoms with Gasteiger partial charge < -0.3 is 20.4 Å². The Balaban J connectivity index is 1.63. The maximum atomic E-state index is 5.81. The molecule has 6 heteroatoms. The smallest absolute Gasteiger partial charge is 0.222 e. The summed E-state index contributed by atoms with van der Waals surface area (Å²) in [5, 5.41) is 3.33. The van der Waals surface area contributed by atoms with Crippen LogP contribution in [0.3, 0.4) is 0 Å². The van der Waals surface area contributed by atoms with Crippen molar-refractivity contribution in [3.63, 3.8) is 0 Å². The second-order valence-corrected chi connectivity index (χ2v) is 5.38. The summed E-state index contributed by atoms with van der Waals surface area (Å²) in [6.07, 6.45) is 3.99. The first-order chi connectivity index (χ1) is 10.2. The number of aryl methyl sites for hydroxylation is 1. The zero-order valence-electron chi connectivity index (χ0n) is 12.2. The van der Waals surface area contributed by atoms with Crippen LogP contribution in [0.25, 0.3) is 0 Å². The molecule has 3 N–H and O–H groups in total. The standard InChI is InChI=1S/C15H21N5O/c1-20-7-2-3-12(20)4-6-17-14-9-13(18-15(16)19-14)11-5-8-21-10-11/h2-3,7,9,11H,4-6,8,10H2,1H3,(H3,16,17,18,19). The van der Waals surface area contributed by atoms with E-state index >= 15 is 0 Å². The maximum Gasteiger partial charge on any atom is 0.222 e. The maximum absolute atomic E-state index is 5.81. The van der Waals surface area contributed by atoms with Crippen LogP contribution < -0.4 is 11.1 Å². The molecule has 21 heavy (non-hydrogen) atoms. The van der Waals surface area contributed by atoms with Gasteiger partial charge in [-0.15, -0.1) is 0 Å². The number of hydrogen-bond donors (Lipinski definition) is 2. The number of ether oxygens (including phenoxy) is 1. The molecule has 1 atom stereocenters. The lowest BCUT2D eigenvalue weighted by molar-refractivity contribution is 0.193. The highest BCUT2D eigenvalue weighted by molar-refractivity contribution is 5.41. The molecule has 2 aromatic rings. The molecular formula is C15H21N5O. The summed E-state index contributed by atoms with van der Waals surface area (Å²) < 4.78 is 7.53. The van der Waals surface area contributed by atoms with E-state index in [0.717, 1.165) is 44.1 Å². The largest absolute Gasteiger partial charge is 0.381 e. The second-order valence-electron chi connectivity index (χ2n) is 5.38. The van der Waals surface area contributed by atoms with Crippen molar-refractivity contribution in [2.75, 3.05) is 30.8 Å². The average Bonchev–Trinajstić information content (AvgIpc) is 3.10. The molecule has 3 rings (SSSR count). The molecule has 1 aliphatic rings. The molecule has 0 aromatic carbocycles. The quantitative estimate of drug-likeness (QED) is 0.872. The molecule has 1 unspecified atom stereocenters. The van der Waals surface area contributed by atoms with Gasteiger partial charge in [-0.3, -0.25) is 0 Å². The highest BCUT2D eigenvalue weighted by Gasteiger charge is 2.20. The zero-order valence-corrected chi connectivity index (χ0v) is 12.2. The fourth-order valence-electron chi connectivity index (χ4n) is 2.63. The molecule has 0 bridgehead atoms. The minimum atomic E-state index is 0.320. The predicted molar refractivity (Wildman–Crippen MR) is 82.2 cm³/mol. The number of anilines is 2. The number of aromatic nitrogens is 3. The highest BCUT2D eigenvalue weighted by atomic mass is 16.5. The SMILES string of the molecule is Cn1cccc1CCNc1cc(C2CCOC2)nc(N)n1. The number of rotatable bonds is 5. The summed E-state index contributed by atoms with van der Waals surface area (Å²) in [6, 6.07) is 6.16. The Morgan fingerprint density at radius 1 is 1.48 bits per heavy atom. The van der Waals surface area contributed by atoms with E-state index in [1.807, 2.05) is 6.07 Å². The molecule has 3 heterocycles. The van der Waals surface area contributed by atoms with Crippen LogP contribution >= 0.6 is 0 Å². The van der Waals surface area contributed by atoms with Crippen LogP contribution in [0, 0.1) is 0 Å². The number of nitrogens with two attached hydrogens (primary N) is 1. The van der Waals surface area contributed by atoms with Crippen LogP contribution in [0.15, 0.2) is 24.4 Å². The van der Waals surface area contributed by atoms with Gasteiger partial charge in [0.05, 0.1) is 12.3 Å². The monoisotopic (exact) mass is 287 g/mol. The van der Waals surface area contributed by atoms with Gasteiger partial charge in [0.15, 0.2) is 0 Å². The summed E-state index contributed by atoms with van der Waals surface area (Å²) in [7, 11) is 2.05. The van der Waals surface area contributed by atoms with E-state index in [9.17, 15) is 0 Å². The van der Waals surface area contributed by atoms with Gasteiger partial charge in [0.1, 0.15) is 5.82 Å². The van der Waals surface area contributed by atoms with Crippen LogP contribution in [0.4, 0.5) is 11.8 Å². The molecule has 0 spiro atoms. The Morgan fingerprint density at radius 3 is 3.10 bits per heavy atom. The zero-order chi connectivity index (χ0) is 14.7. The van der Waals surface area contributed by atoms with Crippen molar-refractivity contribution in [2.24, 2.45) is 7.05 Å². The van der Waals surface area contributed by atoms with Crippen molar-refractivity contribution in [1.29, 1.82) is 0 Å². The summed E-state index contributed by atoms with van der Waals surface area (Å²) in [4.78, 5) is 8.58. The van der Waals surface area contributed by atoms with Gasteiger partial charge >= 0.3 is 0 Å². The van der Waals surface area contributed by atoms with Gasteiger partial charge in [-0.25, -0.2) is 4.98 Å². The van der Waals surface area contributed by atoms with E-state index in [-0.39, 0.29) is 0 Å². The topological polar surface area (TPSA) is 78.0 Å². The number of hydrogen-bond acceptors (Lipinski definition) is 5. The lowest BCUT2D eigenvalue weighted by Gasteiger charge is -2.11. The summed E-state index contributed by atoms with van der Waals surface area (Å²) in [6.45, 7) is 2.33. The highest BCUT2D eigenvalue weighted by Crippen LogP contribution is 2.25. The number of nitrogens with zero attached hydrogens (tertiary/aromatic N) is 3. The minimum Gasteiger partial charge on any atom is -0.381 e. The molecule has 0 radical (unpaired) electrons. The molecular weight excluding hydrogens is 266 g/mol. The van der Waals surface area contributed by atoms with Gasteiger partial charge in [-0.1, -0.05) is 0 Å². The van der Waals surface area contributed by atoms with Gasteiger partial charge in [-0.05, 0) is 18.6 Å². The third-order valence-electron chi connectivity index (χ3n) is 3.85. The van der Waals surface area contributed by atoms with Crippen LogP contribution in [-0.2, 0) is 18.2 Å². The van der Waals surface area contributed by atoms with E-state index in [2.05, 4.69) is 45.2 Å². The van der Waals surface area contributed by atoms with Crippen LogP contribution in [0.5, 0.6) is 0 Å². The molecule has 0 aliphatic carbocycles. The average molecular weight is 287 g/mol. The van der Waals surface area contributed by atoms with Crippen molar-refractivity contribution in [3.8, 4) is 0 Å². The van der Waals surface area contributed by atoms with E-state index in [0.29, 0.717) is 11.9 Å². The Kier molecular flexibility index (Phi) is 4.06. The molecule has 1 saturated heterocycles. The fraction of sp³-hybridized carbons (Fsp3) is 0.467. The van der Waals surface area contributed by atoms with Gasteiger partial charge in [0, 0.05) is 50.5 Å². The van der Waals surface area contributed by atoms with Crippen molar-refractivity contribution in [1.82, 2.24) is 14.5 Å². The summed E-state index contributed by atoms with van der Waals surface area (Å²) in [5.41, 5.74) is 8.07. The first-order valence-corrected chi connectivity index (χ1v) is 7.28. The third-order valence-corrected chi connectivity index (χ3v) is 3.85. The first-order valence-electron chi connectivity index (χ1n) is 7.28. The van der Waals surface area contributed by atoms with Gasteiger partial charge in [-0.2, -0.15) is 4.98 Å². The molecule has 1 aliphatic heterocycles. The molecule has 1 fully saturated rings. The van der Waals surface area contributed by atoms with Crippen molar-refractivity contribution >= 4 is 11.8 Å². The van der Waals surface area contributed by atoms with E-state index in [1.54, 1.807) is 0 Å². The van der Waals surface area contributed by atoms with Crippen molar-refractivity contribution in [2.45, 2.75) is 18.8 Å². The molecule has 0 amide bonds. The molecule has 6 nitrogen and oxygen atoms in total. The van der Waals surface area contributed by atoms with E-state index in [1.165, 1.54) is 5.69 Å². The summed E-state index contributed by atoms with van der Waals surface area (Å²) >= 11 is 0. The summed E-state index contributed by atoms with van der Waals surface area (Å²) in [5.74, 6) is 1.45. The molecule has 0 saturated carbocycles. The van der Waals surface area contributed by atoms with Gasteiger partial charge in [0.25, 0.3) is 0 Å². The van der Waals surface area contributed by atoms with Crippen molar-refractivity contribution in [3.05, 3.63) is 35.8 Å². The Bertz CT molecular complexity index is 604. The number of nitrogens with one attached hydrogen (secondary N) is 1. The van der Waals surface area contributed by atoms with Crippen LogP contribution in [-0.4, -0.2) is 34.3 Å². The van der Waals surface area contributed by atoms with E-state index < -0.39 is 0 Å². The van der Waals surface area contributed by atoms with Crippen LogP contribution in [0.2, 0.25) is 0 Å². The van der Waals surface area contributed by atoms with E-state index in [4.69, 9.17) is 10.5 Å². The predicted octanol–water partition coefficient (Wildman–Crippen LogP) is 1.56. The molecule has 2 aromatic heterocycles. The number of nitrogen functional groups attached to an aromatic ring is 1. The molecule has 112 valence electrons. The van der Waals surface area contributed by atoms with Crippen LogP contribution in [0.1, 0.15) is 23.7 Å². The second kappa shape index (κ2) is 6.13. The van der Waals surface area contributed by atoms with Gasteiger partial charge in [0.2, 0.25) is 5.95 Å².